The number of nitrogens with one attached hydrogen (secondary N) is 1. The van der Waals surface area contributed by atoms with Crippen LogP contribution in [0.15, 0.2) is 24.3 Å². The Morgan fingerprint density at radius 1 is 1.24 bits per heavy atom. The molecule has 3 aliphatic rings. The molecule has 0 bridgehead atoms. The van der Waals surface area contributed by atoms with Crippen molar-refractivity contribution in [2.45, 2.75) is 43.9 Å². The predicted octanol–water partition coefficient (Wildman–Crippen LogP) is 1.59. The lowest BCUT2D eigenvalue weighted by molar-refractivity contribution is -0.159. The summed E-state index contributed by atoms with van der Waals surface area (Å²) in [6.07, 6.45) is 2.97. The first-order valence-electron chi connectivity index (χ1n) is 9.19. The van der Waals surface area contributed by atoms with E-state index in [9.17, 15) is 4.79 Å². The molecule has 0 radical (unpaired) electrons. The fourth-order valence-electron chi connectivity index (χ4n) is 4.01. The maximum absolute atomic E-state index is 11.5. The summed E-state index contributed by atoms with van der Waals surface area (Å²) in [5.41, 5.74) is -0.187. The van der Waals surface area contributed by atoms with Gasteiger partial charge in [0.1, 0.15) is 19.3 Å². The molecule has 3 heterocycles. The molecule has 2 atom stereocenters. The first kappa shape index (κ1) is 16.7. The quantitative estimate of drug-likeness (QED) is 0.901. The minimum Gasteiger partial charge on any atom is -0.486 e. The second-order valence-corrected chi connectivity index (χ2v) is 7.27. The van der Waals surface area contributed by atoms with Crippen LogP contribution in [-0.2, 0) is 9.53 Å². The highest BCUT2D eigenvalue weighted by atomic mass is 16.6. The van der Waals surface area contributed by atoms with Crippen molar-refractivity contribution in [3.8, 4) is 11.5 Å². The van der Waals surface area contributed by atoms with Gasteiger partial charge in [-0.1, -0.05) is 12.1 Å². The number of carbonyl (C=O) groups excluding carboxylic acids is 1. The van der Waals surface area contributed by atoms with Crippen LogP contribution in [0.1, 0.15) is 26.2 Å². The number of morpholine rings is 1. The standard InChI is InChI=1S/C19H26N2O4/c1-14-19(24-13-18(22)20-14)7-10-21(11-8-19)9-6-15-12-23-16-4-2-3-5-17(16)25-15/h2-5,14-15H,6-13H2,1H3,(H,20,22). The number of nitrogens with zero attached hydrogens (tertiary/aromatic N) is 1. The summed E-state index contributed by atoms with van der Waals surface area (Å²) in [5, 5.41) is 3.03. The number of hydrogen-bond acceptors (Lipinski definition) is 5. The number of benzene rings is 1. The van der Waals surface area contributed by atoms with Crippen LogP contribution in [0.2, 0.25) is 0 Å². The van der Waals surface area contributed by atoms with E-state index in [0.717, 1.165) is 50.4 Å². The summed E-state index contributed by atoms with van der Waals surface area (Å²) >= 11 is 0. The molecule has 6 heteroatoms. The smallest absolute Gasteiger partial charge is 0.246 e. The van der Waals surface area contributed by atoms with Gasteiger partial charge < -0.3 is 24.4 Å². The van der Waals surface area contributed by atoms with Crippen LogP contribution >= 0.6 is 0 Å². The number of amides is 1. The van der Waals surface area contributed by atoms with Gasteiger partial charge >= 0.3 is 0 Å². The number of piperidine rings is 1. The number of carbonyl (C=O) groups is 1. The normalized spacial score (nSPS) is 28.6. The number of fused-ring (bicyclic) bond motifs is 1. The molecule has 4 rings (SSSR count). The van der Waals surface area contributed by atoms with Crippen molar-refractivity contribution in [2.75, 3.05) is 32.8 Å². The Balaban J connectivity index is 1.25. The Bertz CT molecular complexity index is 628. The Kier molecular flexibility index (Phi) is 4.56. The van der Waals surface area contributed by atoms with Crippen molar-refractivity contribution in [3.63, 3.8) is 0 Å². The van der Waals surface area contributed by atoms with Gasteiger partial charge in [-0.15, -0.1) is 0 Å². The van der Waals surface area contributed by atoms with Gasteiger partial charge in [0.25, 0.3) is 0 Å². The zero-order valence-corrected chi connectivity index (χ0v) is 14.7. The van der Waals surface area contributed by atoms with Gasteiger partial charge in [0, 0.05) is 26.1 Å². The molecule has 25 heavy (non-hydrogen) atoms. The summed E-state index contributed by atoms with van der Waals surface area (Å²) in [4.78, 5) is 13.9. The molecular weight excluding hydrogens is 320 g/mol. The van der Waals surface area contributed by atoms with Crippen LogP contribution in [-0.4, -0.2) is 61.4 Å². The highest BCUT2D eigenvalue weighted by Crippen LogP contribution is 2.33. The monoisotopic (exact) mass is 346 g/mol. The van der Waals surface area contributed by atoms with E-state index in [0.29, 0.717) is 6.61 Å². The van der Waals surface area contributed by atoms with E-state index >= 15 is 0 Å². The van der Waals surface area contributed by atoms with Crippen LogP contribution in [0.4, 0.5) is 0 Å². The summed E-state index contributed by atoms with van der Waals surface area (Å²) < 4.78 is 17.8. The SMILES string of the molecule is CC1NC(=O)COC12CCN(CCC1COc3ccccc3O1)CC2. The zero-order chi connectivity index (χ0) is 17.3. The van der Waals surface area contributed by atoms with Gasteiger partial charge in [0.05, 0.1) is 11.6 Å². The summed E-state index contributed by atoms with van der Waals surface area (Å²) in [6.45, 7) is 5.83. The van der Waals surface area contributed by atoms with Crippen molar-refractivity contribution in [2.24, 2.45) is 0 Å². The van der Waals surface area contributed by atoms with Crippen molar-refractivity contribution in [3.05, 3.63) is 24.3 Å². The fraction of sp³-hybridized carbons (Fsp3) is 0.632. The average molecular weight is 346 g/mol. The molecule has 2 saturated heterocycles. The van der Waals surface area contributed by atoms with Gasteiger partial charge in [-0.3, -0.25) is 4.79 Å². The molecule has 0 aromatic heterocycles. The third-order valence-corrected chi connectivity index (χ3v) is 5.69. The molecule has 1 amide bonds. The Labute approximate surface area is 148 Å². The van der Waals surface area contributed by atoms with E-state index in [2.05, 4.69) is 17.1 Å². The molecule has 2 fully saturated rings. The van der Waals surface area contributed by atoms with Gasteiger partial charge in [0.15, 0.2) is 11.5 Å². The van der Waals surface area contributed by atoms with Crippen LogP contribution in [0, 0.1) is 0 Å². The summed E-state index contributed by atoms with van der Waals surface area (Å²) in [5.74, 6) is 1.68. The van der Waals surface area contributed by atoms with Crippen LogP contribution in [0.25, 0.3) is 0 Å². The maximum Gasteiger partial charge on any atom is 0.246 e. The third-order valence-electron chi connectivity index (χ3n) is 5.69. The topological polar surface area (TPSA) is 60.0 Å². The Morgan fingerprint density at radius 2 is 2.00 bits per heavy atom. The molecule has 1 N–H and O–H groups in total. The van der Waals surface area contributed by atoms with Crippen molar-refractivity contribution in [1.82, 2.24) is 10.2 Å². The predicted molar refractivity (Wildman–Crippen MR) is 92.9 cm³/mol. The summed E-state index contributed by atoms with van der Waals surface area (Å²) in [7, 11) is 0. The molecular formula is C19H26N2O4. The van der Waals surface area contributed by atoms with E-state index in [-0.39, 0.29) is 30.3 Å². The third kappa shape index (κ3) is 3.46. The lowest BCUT2D eigenvalue weighted by Gasteiger charge is -2.47. The van der Waals surface area contributed by atoms with Gasteiger partial charge in [-0.2, -0.15) is 0 Å². The van der Waals surface area contributed by atoms with Crippen LogP contribution in [0.3, 0.4) is 0 Å². The Morgan fingerprint density at radius 3 is 2.76 bits per heavy atom. The number of likely N-dealkylation sites (tertiary alicyclic amines) is 1. The number of para-hydroxylation sites is 2. The van der Waals surface area contributed by atoms with Gasteiger partial charge in [0.2, 0.25) is 5.91 Å². The number of rotatable bonds is 3. The lowest BCUT2D eigenvalue weighted by atomic mass is 9.83. The minimum atomic E-state index is -0.187. The molecule has 1 spiro atoms. The maximum atomic E-state index is 11.5. The zero-order valence-electron chi connectivity index (χ0n) is 14.7. The van der Waals surface area contributed by atoms with Crippen molar-refractivity contribution < 1.29 is 19.0 Å². The van der Waals surface area contributed by atoms with Crippen molar-refractivity contribution in [1.29, 1.82) is 0 Å². The van der Waals surface area contributed by atoms with Gasteiger partial charge in [-0.05, 0) is 31.9 Å². The second kappa shape index (κ2) is 6.84. The highest BCUT2D eigenvalue weighted by Gasteiger charge is 2.44. The molecule has 136 valence electrons. The molecule has 1 aromatic carbocycles. The second-order valence-electron chi connectivity index (χ2n) is 7.27. The molecule has 6 nitrogen and oxygen atoms in total. The van der Waals surface area contributed by atoms with E-state index in [4.69, 9.17) is 14.2 Å². The number of ether oxygens (including phenoxy) is 3. The van der Waals surface area contributed by atoms with Crippen LogP contribution < -0.4 is 14.8 Å². The largest absolute Gasteiger partial charge is 0.486 e. The first-order chi connectivity index (χ1) is 12.1. The Hall–Kier alpha value is -1.79. The van der Waals surface area contributed by atoms with Gasteiger partial charge in [-0.25, -0.2) is 0 Å². The lowest BCUT2D eigenvalue weighted by Crippen LogP contribution is -2.62. The number of hydrogen-bond donors (Lipinski definition) is 1. The average Bonchev–Trinajstić information content (AvgIpc) is 2.64. The highest BCUT2D eigenvalue weighted by molar-refractivity contribution is 5.78. The van der Waals surface area contributed by atoms with E-state index in [1.54, 1.807) is 0 Å². The fourth-order valence-corrected chi connectivity index (χ4v) is 4.01. The van der Waals surface area contributed by atoms with E-state index in [1.807, 2.05) is 24.3 Å². The first-order valence-corrected chi connectivity index (χ1v) is 9.19. The molecule has 0 saturated carbocycles. The molecule has 3 aliphatic heterocycles. The van der Waals surface area contributed by atoms with E-state index < -0.39 is 0 Å². The van der Waals surface area contributed by atoms with E-state index in [1.165, 1.54) is 0 Å². The summed E-state index contributed by atoms with van der Waals surface area (Å²) in [6, 6.07) is 7.92. The molecule has 2 unspecified atom stereocenters. The molecule has 0 aliphatic carbocycles. The van der Waals surface area contributed by atoms with Crippen LogP contribution in [0.5, 0.6) is 11.5 Å². The van der Waals surface area contributed by atoms with Crippen molar-refractivity contribution >= 4 is 5.91 Å². The molecule has 1 aromatic rings. The minimum absolute atomic E-state index is 0.00437.